The van der Waals surface area contributed by atoms with Gasteiger partial charge in [-0.1, -0.05) is 13.8 Å². The number of rotatable bonds is 4. The van der Waals surface area contributed by atoms with E-state index in [1.54, 1.807) is 6.33 Å². The fraction of sp³-hybridized carbons (Fsp3) is 0.480. The summed E-state index contributed by atoms with van der Waals surface area (Å²) in [6.45, 7) is 10.7. The maximum Gasteiger partial charge on any atom is 0.158 e. The van der Waals surface area contributed by atoms with Crippen LogP contribution in [0.2, 0.25) is 0 Å². The number of hydrogen-bond donors (Lipinski definition) is 1. The van der Waals surface area contributed by atoms with Crippen molar-refractivity contribution in [2.24, 2.45) is 0 Å². The van der Waals surface area contributed by atoms with E-state index in [1.165, 1.54) is 24.1 Å². The van der Waals surface area contributed by atoms with Gasteiger partial charge in [-0.05, 0) is 62.5 Å². The van der Waals surface area contributed by atoms with Crippen LogP contribution < -0.4 is 0 Å². The molecule has 166 valence electrons. The van der Waals surface area contributed by atoms with E-state index in [9.17, 15) is 0 Å². The average molecular weight is 431 g/mol. The summed E-state index contributed by atoms with van der Waals surface area (Å²) in [5, 5.41) is 4.36. The lowest BCUT2D eigenvalue weighted by molar-refractivity contribution is -0.0713. The quantitative estimate of drug-likeness (QED) is 0.523. The van der Waals surface area contributed by atoms with Crippen LogP contribution in [0.1, 0.15) is 55.3 Å². The zero-order valence-corrected chi connectivity index (χ0v) is 19.0. The Hall–Kier alpha value is -2.77. The van der Waals surface area contributed by atoms with Crippen molar-refractivity contribution in [2.45, 2.75) is 51.5 Å². The zero-order valence-electron chi connectivity index (χ0n) is 19.0. The third-order valence-electron chi connectivity index (χ3n) is 7.21. The molecule has 0 aliphatic carbocycles. The van der Waals surface area contributed by atoms with Gasteiger partial charge in [-0.2, -0.15) is 5.10 Å². The van der Waals surface area contributed by atoms with Crippen LogP contribution in [0.3, 0.4) is 0 Å². The van der Waals surface area contributed by atoms with Crippen molar-refractivity contribution in [1.82, 2.24) is 29.5 Å². The Balaban J connectivity index is 1.37. The van der Waals surface area contributed by atoms with E-state index in [-0.39, 0.29) is 0 Å². The average Bonchev–Trinajstić information content (AvgIpc) is 3.37. The second kappa shape index (κ2) is 7.67. The summed E-state index contributed by atoms with van der Waals surface area (Å²) in [5.74, 6) is 0.887. The molecule has 0 unspecified atom stereocenters. The minimum Gasteiger partial charge on any atom is -0.378 e. The van der Waals surface area contributed by atoms with Crippen molar-refractivity contribution in [2.75, 3.05) is 26.3 Å². The van der Waals surface area contributed by atoms with Crippen molar-refractivity contribution >= 4 is 16.7 Å². The standard InChI is InChI=1S/C25H30N6O/c1-15(2)22-23(18-10-16(3)25-26-14-27-31(25)11-18)29-21-5-4-20(28-24(21)22)17-6-8-30(9-7-17)19-12-32-13-19/h4-5,10-11,14-15,17,19,29H,6-9,12-13H2,1-3H3. The summed E-state index contributed by atoms with van der Waals surface area (Å²) < 4.78 is 7.24. The molecule has 0 aromatic carbocycles. The molecule has 2 aliphatic heterocycles. The number of aromatic amines is 1. The second-order valence-corrected chi connectivity index (χ2v) is 9.64. The van der Waals surface area contributed by atoms with E-state index >= 15 is 0 Å². The number of H-pyrrole nitrogens is 1. The van der Waals surface area contributed by atoms with Gasteiger partial charge in [0.05, 0.1) is 36.0 Å². The Kier molecular flexibility index (Phi) is 4.77. The summed E-state index contributed by atoms with van der Waals surface area (Å²) in [5.41, 5.74) is 9.01. The molecule has 0 atom stereocenters. The number of nitrogens with one attached hydrogen (secondary N) is 1. The minimum atomic E-state index is 0.355. The molecule has 7 heteroatoms. The molecule has 0 bridgehead atoms. The largest absolute Gasteiger partial charge is 0.378 e. The molecule has 0 saturated carbocycles. The van der Waals surface area contributed by atoms with Crippen LogP contribution in [-0.4, -0.2) is 61.8 Å². The first-order valence-corrected chi connectivity index (χ1v) is 11.7. The molecule has 4 aromatic heterocycles. The van der Waals surface area contributed by atoms with Crippen LogP contribution in [0.15, 0.2) is 30.7 Å². The van der Waals surface area contributed by atoms with E-state index in [2.05, 4.69) is 65.1 Å². The van der Waals surface area contributed by atoms with Crippen LogP contribution in [0, 0.1) is 6.92 Å². The van der Waals surface area contributed by atoms with E-state index in [0.717, 1.165) is 59.8 Å². The highest BCUT2D eigenvalue weighted by Gasteiger charge is 2.30. The van der Waals surface area contributed by atoms with Gasteiger partial charge in [0.1, 0.15) is 6.33 Å². The first-order chi connectivity index (χ1) is 15.6. The summed E-state index contributed by atoms with van der Waals surface area (Å²) in [6.07, 6.45) is 6.02. The van der Waals surface area contributed by atoms with Crippen molar-refractivity contribution in [3.63, 3.8) is 0 Å². The van der Waals surface area contributed by atoms with Gasteiger partial charge in [0.2, 0.25) is 0 Å². The van der Waals surface area contributed by atoms with Gasteiger partial charge >= 0.3 is 0 Å². The van der Waals surface area contributed by atoms with E-state index in [1.807, 2.05) is 4.52 Å². The lowest BCUT2D eigenvalue weighted by atomic mass is 9.91. The van der Waals surface area contributed by atoms with Crippen molar-refractivity contribution in [3.8, 4) is 11.3 Å². The molecular formula is C25H30N6O. The number of pyridine rings is 2. The predicted octanol–water partition coefficient (Wildman–Crippen LogP) is 4.28. The predicted molar refractivity (Wildman–Crippen MR) is 125 cm³/mol. The molecule has 4 aromatic rings. The molecule has 0 spiro atoms. The monoisotopic (exact) mass is 430 g/mol. The van der Waals surface area contributed by atoms with E-state index in [4.69, 9.17) is 9.72 Å². The molecule has 0 amide bonds. The minimum absolute atomic E-state index is 0.355. The maximum absolute atomic E-state index is 5.38. The number of aryl methyl sites for hydroxylation is 1. The summed E-state index contributed by atoms with van der Waals surface area (Å²) in [4.78, 5) is 15.9. The number of piperidine rings is 1. The van der Waals surface area contributed by atoms with Crippen LogP contribution in [0.4, 0.5) is 0 Å². The number of likely N-dealkylation sites (tertiary alicyclic amines) is 1. The van der Waals surface area contributed by atoms with Gasteiger partial charge in [-0.3, -0.25) is 9.88 Å². The molecule has 1 N–H and O–H groups in total. The molecule has 32 heavy (non-hydrogen) atoms. The first-order valence-electron chi connectivity index (χ1n) is 11.7. The Morgan fingerprint density at radius 1 is 1.16 bits per heavy atom. The van der Waals surface area contributed by atoms with Gasteiger partial charge in [0, 0.05) is 28.9 Å². The molecule has 0 radical (unpaired) electrons. The Morgan fingerprint density at radius 3 is 2.69 bits per heavy atom. The van der Waals surface area contributed by atoms with E-state index in [0.29, 0.717) is 17.9 Å². The summed E-state index contributed by atoms with van der Waals surface area (Å²) in [7, 11) is 0. The lowest BCUT2D eigenvalue weighted by Gasteiger charge is -2.41. The smallest absolute Gasteiger partial charge is 0.158 e. The lowest BCUT2D eigenvalue weighted by Crippen LogP contribution is -2.51. The van der Waals surface area contributed by atoms with Crippen LogP contribution in [-0.2, 0) is 4.74 Å². The summed E-state index contributed by atoms with van der Waals surface area (Å²) in [6, 6.07) is 7.28. The first kappa shape index (κ1) is 19.9. The molecule has 7 nitrogen and oxygen atoms in total. The van der Waals surface area contributed by atoms with Gasteiger partial charge in [-0.15, -0.1) is 0 Å². The third kappa shape index (κ3) is 3.22. The number of hydrogen-bond acceptors (Lipinski definition) is 5. The van der Waals surface area contributed by atoms with Crippen LogP contribution in [0.25, 0.3) is 27.9 Å². The molecule has 6 heterocycles. The Bertz CT molecular complexity index is 1280. The molecule has 6 rings (SSSR count). The van der Waals surface area contributed by atoms with Gasteiger partial charge in [0.25, 0.3) is 0 Å². The molecule has 2 fully saturated rings. The van der Waals surface area contributed by atoms with Crippen molar-refractivity contribution in [3.05, 3.63) is 47.5 Å². The fourth-order valence-electron chi connectivity index (χ4n) is 5.34. The topological polar surface area (TPSA) is 71.3 Å². The fourth-order valence-corrected chi connectivity index (χ4v) is 5.34. The number of fused-ring (bicyclic) bond motifs is 2. The third-order valence-corrected chi connectivity index (χ3v) is 7.21. The maximum atomic E-state index is 5.38. The van der Waals surface area contributed by atoms with Gasteiger partial charge in [0.15, 0.2) is 5.65 Å². The SMILES string of the molecule is Cc1cc(-c2[nH]c3ccc(C4CCN(C5COC5)CC4)nc3c2C(C)C)cn2ncnc12. The highest BCUT2D eigenvalue weighted by Crippen LogP contribution is 2.37. The second-order valence-electron chi connectivity index (χ2n) is 9.64. The normalized spacial score (nSPS) is 18.8. The van der Waals surface area contributed by atoms with Gasteiger partial charge < -0.3 is 9.72 Å². The summed E-state index contributed by atoms with van der Waals surface area (Å²) >= 11 is 0. The van der Waals surface area contributed by atoms with Crippen LogP contribution in [0.5, 0.6) is 0 Å². The Labute approximate surface area is 187 Å². The molecular weight excluding hydrogens is 400 g/mol. The number of nitrogens with zero attached hydrogens (tertiary/aromatic N) is 5. The molecule has 2 saturated heterocycles. The Morgan fingerprint density at radius 2 is 1.97 bits per heavy atom. The number of ether oxygens (including phenoxy) is 1. The van der Waals surface area contributed by atoms with Crippen molar-refractivity contribution in [1.29, 1.82) is 0 Å². The number of aromatic nitrogens is 5. The zero-order chi connectivity index (χ0) is 21.8. The highest BCUT2D eigenvalue weighted by atomic mass is 16.5. The van der Waals surface area contributed by atoms with Crippen molar-refractivity contribution < 1.29 is 4.74 Å². The van der Waals surface area contributed by atoms with E-state index < -0.39 is 0 Å². The van der Waals surface area contributed by atoms with Gasteiger partial charge in [-0.25, -0.2) is 9.50 Å². The highest BCUT2D eigenvalue weighted by molar-refractivity contribution is 5.88. The van der Waals surface area contributed by atoms with Crippen LogP contribution >= 0.6 is 0 Å². The molecule has 2 aliphatic rings.